The molecular formula is C24H29N3O4S. The molecule has 8 heteroatoms. The second-order valence-electron chi connectivity index (χ2n) is 8.07. The van der Waals surface area contributed by atoms with Gasteiger partial charge in [-0.05, 0) is 51.1 Å². The number of hydrogen-bond acceptors (Lipinski definition) is 7. The van der Waals surface area contributed by atoms with Crippen LogP contribution in [0.25, 0.3) is 11.5 Å². The van der Waals surface area contributed by atoms with Gasteiger partial charge in [0.05, 0.1) is 18.1 Å². The lowest BCUT2D eigenvalue weighted by Gasteiger charge is -2.26. The van der Waals surface area contributed by atoms with Gasteiger partial charge in [0.1, 0.15) is 0 Å². The molecule has 0 saturated carbocycles. The minimum absolute atomic E-state index is 0.0794. The minimum Gasteiger partial charge on any atom is -0.419 e. The standard InChI is InChI=1S/C24H29N3O4S/c1-18-7-9-21(10-8-18)32(28,29)24-23(25-11-4-12-27-13-15-30-16-14-27)31-22(26-24)20-6-3-5-19(2)17-20/h3,5-10,17,25H,4,11-16H2,1-2H3. The molecule has 1 aromatic heterocycles. The highest BCUT2D eigenvalue weighted by molar-refractivity contribution is 7.91. The minimum atomic E-state index is -3.84. The molecule has 1 aliphatic rings. The zero-order valence-electron chi connectivity index (χ0n) is 18.5. The maximum absolute atomic E-state index is 13.4. The van der Waals surface area contributed by atoms with Gasteiger partial charge in [0.2, 0.25) is 26.6 Å². The number of oxazole rings is 1. The Balaban J connectivity index is 1.59. The number of nitrogens with one attached hydrogen (secondary N) is 1. The van der Waals surface area contributed by atoms with Crippen molar-refractivity contribution in [1.29, 1.82) is 0 Å². The van der Waals surface area contributed by atoms with Gasteiger partial charge in [0.25, 0.3) is 0 Å². The van der Waals surface area contributed by atoms with E-state index < -0.39 is 9.84 Å². The molecule has 0 spiro atoms. The Morgan fingerprint density at radius 1 is 1.03 bits per heavy atom. The lowest BCUT2D eigenvalue weighted by atomic mass is 10.1. The second kappa shape index (κ2) is 9.85. The van der Waals surface area contributed by atoms with Gasteiger partial charge >= 0.3 is 0 Å². The van der Waals surface area contributed by atoms with Gasteiger partial charge in [-0.3, -0.25) is 4.90 Å². The Morgan fingerprint density at radius 3 is 2.50 bits per heavy atom. The maximum Gasteiger partial charge on any atom is 0.233 e. The van der Waals surface area contributed by atoms with E-state index in [1.807, 2.05) is 38.1 Å². The molecule has 0 amide bonds. The first-order chi connectivity index (χ1) is 15.4. The van der Waals surface area contributed by atoms with Gasteiger partial charge in [0.15, 0.2) is 0 Å². The van der Waals surface area contributed by atoms with Crippen molar-refractivity contribution in [2.75, 3.05) is 44.7 Å². The molecule has 2 heterocycles. The lowest BCUT2D eigenvalue weighted by molar-refractivity contribution is 0.0378. The molecule has 1 aliphatic heterocycles. The van der Waals surface area contributed by atoms with Crippen molar-refractivity contribution in [3.8, 4) is 11.5 Å². The second-order valence-corrected chi connectivity index (χ2v) is 9.94. The van der Waals surface area contributed by atoms with Crippen molar-refractivity contribution in [2.45, 2.75) is 30.2 Å². The fourth-order valence-corrected chi connectivity index (χ4v) is 4.94. The molecule has 2 aromatic carbocycles. The molecule has 7 nitrogen and oxygen atoms in total. The summed E-state index contributed by atoms with van der Waals surface area (Å²) in [4.78, 5) is 6.96. The van der Waals surface area contributed by atoms with E-state index in [9.17, 15) is 8.42 Å². The van der Waals surface area contributed by atoms with Crippen LogP contribution in [0.2, 0.25) is 0 Å². The molecule has 0 bridgehead atoms. The fraction of sp³-hybridized carbons (Fsp3) is 0.375. The van der Waals surface area contributed by atoms with Crippen LogP contribution in [0.1, 0.15) is 17.5 Å². The van der Waals surface area contributed by atoms with Crippen LogP contribution in [0, 0.1) is 13.8 Å². The van der Waals surface area contributed by atoms with Gasteiger partial charge in [0, 0.05) is 25.2 Å². The van der Waals surface area contributed by atoms with Gasteiger partial charge < -0.3 is 14.5 Å². The Hall–Kier alpha value is -2.68. The molecular weight excluding hydrogens is 426 g/mol. The molecule has 1 fully saturated rings. The highest BCUT2D eigenvalue weighted by atomic mass is 32.2. The molecule has 1 saturated heterocycles. The van der Waals surface area contributed by atoms with Crippen LogP contribution in [-0.2, 0) is 14.6 Å². The predicted octanol–water partition coefficient (Wildman–Crippen LogP) is 3.93. The normalized spacial score (nSPS) is 15.1. The summed E-state index contributed by atoms with van der Waals surface area (Å²) in [6.45, 7) is 8.75. The number of hydrogen-bond donors (Lipinski definition) is 1. The monoisotopic (exact) mass is 455 g/mol. The molecule has 32 heavy (non-hydrogen) atoms. The first-order valence-corrected chi connectivity index (χ1v) is 12.4. The van der Waals surface area contributed by atoms with E-state index >= 15 is 0 Å². The molecule has 0 unspecified atom stereocenters. The molecule has 3 aromatic rings. The van der Waals surface area contributed by atoms with E-state index in [2.05, 4.69) is 15.2 Å². The summed E-state index contributed by atoms with van der Waals surface area (Å²) in [6, 6.07) is 14.4. The van der Waals surface area contributed by atoms with Gasteiger partial charge in [-0.1, -0.05) is 35.4 Å². The summed E-state index contributed by atoms with van der Waals surface area (Å²) in [7, 11) is -3.84. The van der Waals surface area contributed by atoms with E-state index in [1.165, 1.54) is 0 Å². The van der Waals surface area contributed by atoms with Gasteiger partial charge in [-0.15, -0.1) is 0 Å². The third-order valence-corrected chi connectivity index (χ3v) is 7.17. The number of aromatic nitrogens is 1. The average molecular weight is 456 g/mol. The summed E-state index contributed by atoms with van der Waals surface area (Å²) in [5.41, 5.74) is 2.78. The smallest absolute Gasteiger partial charge is 0.233 e. The molecule has 1 N–H and O–H groups in total. The number of aryl methyl sites for hydroxylation is 2. The summed E-state index contributed by atoms with van der Waals surface area (Å²) in [6.07, 6.45) is 0.852. The first kappa shape index (κ1) is 22.5. The number of benzene rings is 2. The Bertz CT molecular complexity index is 1150. The summed E-state index contributed by atoms with van der Waals surface area (Å²) in [5.74, 6) is 0.471. The van der Waals surface area contributed by atoms with Crippen LogP contribution in [0.4, 0.5) is 5.88 Å². The third kappa shape index (κ3) is 5.20. The Labute approximate surface area is 189 Å². The lowest BCUT2D eigenvalue weighted by Crippen LogP contribution is -2.37. The average Bonchev–Trinajstić information content (AvgIpc) is 3.23. The highest BCUT2D eigenvalue weighted by Crippen LogP contribution is 2.32. The van der Waals surface area contributed by atoms with Crippen molar-refractivity contribution in [1.82, 2.24) is 9.88 Å². The van der Waals surface area contributed by atoms with Crippen molar-refractivity contribution in [3.05, 3.63) is 59.7 Å². The van der Waals surface area contributed by atoms with Crippen LogP contribution < -0.4 is 5.32 Å². The Kier molecular flexibility index (Phi) is 6.93. The van der Waals surface area contributed by atoms with Gasteiger partial charge in [-0.25, -0.2) is 8.42 Å². The molecule has 170 valence electrons. The van der Waals surface area contributed by atoms with Crippen molar-refractivity contribution >= 4 is 15.7 Å². The zero-order valence-corrected chi connectivity index (χ0v) is 19.3. The van der Waals surface area contributed by atoms with E-state index in [-0.39, 0.29) is 21.7 Å². The van der Waals surface area contributed by atoms with Crippen LogP contribution in [-0.4, -0.2) is 57.7 Å². The number of nitrogens with zero attached hydrogens (tertiary/aromatic N) is 2. The number of morpholine rings is 1. The quantitative estimate of drug-likeness (QED) is 0.515. The van der Waals surface area contributed by atoms with Crippen LogP contribution in [0.5, 0.6) is 0 Å². The Morgan fingerprint density at radius 2 is 1.78 bits per heavy atom. The predicted molar refractivity (Wildman–Crippen MR) is 124 cm³/mol. The van der Waals surface area contributed by atoms with E-state index in [0.29, 0.717) is 6.54 Å². The molecule has 0 radical (unpaired) electrons. The highest BCUT2D eigenvalue weighted by Gasteiger charge is 2.28. The van der Waals surface area contributed by atoms with Crippen molar-refractivity contribution in [3.63, 3.8) is 0 Å². The molecule has 0 atom stereocenters. The van der Waals surface area contributed by atoms with Crippen molar-refractivity contribution < 1.29 is 17.6 Å². The van der Waals surface area contributed by atoms with Crippen LogP contribution >= 0.6 is 0 Å². The first-order valence-electron chi connectivity index (χ1n) is 10.9. The van der Waals surface area contributed by atoms with Gasteiger partial charge in [-0.2, -0.15) is 4.98 Å². The largest absolute Gasteiger partial charge is 0.419 e. The topological polar surface area (TPSA) is 84.7 Å². The summed E-state index contributed by atoms with van der Waals surface area (Å²) in [5, 5.41) is 3.10. The molecule has 0 aliphatic carbocycles. The maximum atomic E-state index is 13.4. The third-order valence-electron chi connectivity index (χ3n) is 5.49. The van der Waals surface area contributed by atoms with Crippen LogP contribution in [0.15, 0.2) is 62.9 Å². The zero-order chi connectivity index (χ0) is 22.6. The number of sulfone groups is 1. The van der Waals surface area contributed by atoms with Crippen LogP contribution in [0.3, 0.4) is 0 Å². The van der Waals surface area contributed by atoms with E-state index in [0.717, 1.165) is 56.0 Å². The number of rotatable bonds is 8. The number of ether oxygens (including phenoxy) is 1. The van der Waals surface area contributed by atoms with Crippen molar-refractivity contribution in [2.24, 2.45) is 0 Å². The van der Waals surface area contributed by atoms with E-state index in [4.69, 9.17) is 9.15 Å². The number of anilines is 1. The summed E-state index contributed by atoms with van der Waals surface area (Å²) >= 11 is 0. The SMILES string of the molecule is Cc1ccc(S(=O)(=O)c2nc(-c3cccc(C)c3)oc2NCCCN2CCOCC2)cc1. The van der Waals surface area contributed by atoms with E-state index in [1.54, 1.807) is 24.3 Å². The fourth-order valence-electron chi connectivity index (χ4n) is 3.66. The molecule has 4 rings (SSSR count). The summed E-state index contributed by atoms with van der Waals surface area (Å²) < 4.78 is 38.1.